The van der Waals surface area contributed by atoms with Crippen LogP contribution >= 0.6 is 23.5 Å². The zero-order valence-electron chi connectivity index (χ0n) is 12.1. The number of aromatic nitrogens is 2. The Balaban J connectivity index is 2.17. The Labute approximate surface area is 124 Å². The Morgan fingerprint density at radius 1 is 1.32 bits per heavy atom. The Morgan fingerprint density at radius 2 is 2.05 bits per heavy atom. The van der Waals surface area contributed by atoms with Gasteiger partial charge in [-0.2, -0.15) is 11.8 Å². The first-order chi connectivity index (χ1) is 8.95. The summed E-state index contributed by atoms with van der Waals surface area (Å²) in [5, 5.41) is 1.73. The monoisotopic (exact) mass is 297 g/mol. The number of hydrogen-bond acceptors (Lipinski definition) is 5. The van der Waals surface area contributed by atoms with Crippen molar-refractivity contribution in [2.24, 2.45) is 5.92 Å². The van der Waals surface area contributed by atoms with E-state index in [0.29, 0.717) is 27.5 Å². The van der Waals surface area contributed by atoms with Crippen molar-refractivity contribution in [2.45, 2.75) is 49.9 Å². The van der Waals surface area contributed by atoms with E-state index in [4.69, 9.17) is 10.7 Å². The molecule has 3 unspecified atom stereocenters. The molecule has 3 nitrogen and oxygen atoms in total. The number of nitrogens with zero attached hydrogens (tertiary/aromatic N) is 2. The predicted molar refractivity (Wildman–Crippen MR) is 86.7 cm³/mol. The van der Waals surface area contributed by atoms with E-state index in [1.807, 2.05) is 29.6 Å². The van der Waals surface area contributed by atoms with Gasteiger partial charge in [-0.3, -0.25) is 0 Å². The number of rotatable bonds is 3. The SMILES string of the molecule is CC(C)Cc1cc(N)nc(C2CSC(C)C(C)S2)n1. The predicted octanol–water partition coefficient (Wildman–Crippen LogP) is 3.56. The maximum atomic E-state index is 5.94. The van der Waals surface area contributed by atoms with E-state index in [9.17, 15) is 0 Å². The van der Waals surface area contributed by atoms with Crippen LogP contribution in [0.3, 0.4) is 0 Å². The van der Waals surface area contributed by atoms with Gasteiger partial charge < -0.3 is 5.73 Å². The van der Waals surface area contributed by atoms with Gasteiger partial charge in [0.25, 0.3) is 0 Å². The van der Waals surface area contributed by atoms with Crippen LogP contribution in [0.5, 0.6) is 0 Å². The molecule has 0 aliphatic carbocycles. The van der Waals surface area contributed by atoms with Crippen LogP contribution in [0, 0.1) is 5.92 Å². The van der Waals surface area contributed by atoms with Crippen LogP contribution in [0.1, 0.15) is 44.5 Å². The first kappa shape index (κ1) is 15.0. The van der Waals surface area contributed by atoms with Crippen molar-refractivity contribution in [1.29, 1.82) is 0 Å². The van der Waals surface area contributed by atoms with E-state index >= 15 is 0 Å². The minimum Gasteiger partial charge on any atom is -0.384 e. The van der Waals surface area contributed by atoms with Gasteiger partial charge in [0.05, 0.1) is 5.25 Å². The van der Waals surface area contributed by atoms with Gasteiger partial charge in [0.1, 0.15) is 11.6 Å². The lowest BCUT2D eigenvalue weighted by atomic mass is 10.1. The maximum absolute atomic E-state index is 5.94. The van der Waals surface area contributed by atoms with Crippen molar-refractivity contribution < 1.29 is 0 Å². The van der Waals surface area contributed by atoms with Crippen LogP contribution in [-0.2, 0) is 6.42 Å². The minimum absolute atomic E-state index is 0.380. The number of nitrogens with two attached hydrogens (primary N) is 1. The van der Waals surface area contributed by atoms with E-state index in [-0.39, 0.29) is 0 Å². The van der Waals surface area contributed by atoms with Crippen LogP contribution < -0.4 is 5.73 Å². The van der Waals surface area contributed by atoms with Crippen molar-refractivity contribution in [3.8, 4) is 0 Å². The Kier molecular flexibility index (Phi) is 5.01. The lowest BCUT2D eigenvalue weighted by molar-refractivity contribution is 0.630. The van der Waals surface area contributed by atoms with Crippen molar-refractivity contribution in [3.63, 3.8) is 0 Å². The molecule has 1 saturated heterocycles. The van der Waals surface area contributed by atoms with Crippen LogP contribution in [0.2, 0.25) is 0 Å². The normalized spacial score (nSPS) is 27.7. The molecule has 2 rings (SSSR count). The molecule has 0 aromatic carbocycles. The quantitative estimate of drug-likeness (QED) is 0.924. The minimum atomic E-state index is 0.380. The van der Waals surface area contributed by atoms with Gasteiger partial charge in [-0.25, -0.2) is 9.97 Å². The molecule has 0 spiro atoms. The van der Waals surface area contributed by atoms with E-state index in [1.54, 1.807) is 0 Å². The molecule has 106 valence electrons. The highest BCUT2D eigenvalue weighted by Crippen LogP contribution is 2.43. The fourth-order valence-corrected chi connectivity index (χ4v) is 4.97. The number of nitrogen functional groups attached to an aromatic ring is 1. The Bertz CT molecular complexity index is 437. The molecule has 0 saturated carbocycles. The first-order valence-electron chi connectivity index (χ1n) is 6.86. The third kappa shape index (κ3) is 4.02. The molecular weight excluding hydrogens is 274 g/mol. The summed E-state index contributed by atoms with van der Waals surface area (Å²) in [6.07, 6.45) is 0.968. The van der Waals surface area contributed by atoms with Crippen LogP contribution in [0.4, 0.5) is 5.82 Å². The summed E-state index contributed by atoms with van der Waals surface area (Å²) >= 11 is 4.00. The molecule has 2 heterocycles. The molecule has 3 atom stereocenters. The van der Waals surface area contributed by atoms with Gasteiger partial charge in [-0.05, 0) is 12.3 Å². The average molecular weight is 297 g/mol. The van der Waals surface area contributed by atoms with Crippen molar-refractivity contribution in [1.82, 2.24) is 9.97 Å². The third-order valence-electron chi connectivity index (χ3n) is 3.27. The lowest BCUT2D eigenvalue weighted by Gasteiger charge is -2.30. The standard InChI is InChI=1S/C14H23N3S2/c1-8(2)5-11-6-13(15)17-14(16-11)12-7-18-9(3)10(4)19-12/h6,8-10,12H,5,7H2,1-4H3,(H2,15,16,17). The summed E-state index contributed by atoms with van der Waals surface area (Å²) in [5.74, 6) is 3.21. The second kappa shape index (κ2) is 6.35. The fraction of sp³-hybridized carbons (Fsp3) is 0.714. The van der Waals surface area contributed by atoms with Crippen molar-refractivity contribution >= 4 is 29.3 Å². The Morgan fingerprint density at radius 3 is 2.68 bits per heavy atom. The highest BCUT2D eigenvalue weighted by atomic mass is 32.2. The molecule has 1 aliphatic rings. The highest BCUT2D eigenvalue weighted by molar-refractivity contribution is 8.07. The van der Waals surface area contributed by atoms with E-state index < -0.39 is 0 Å². The molecule has 0 radical (unpaired) electrons. The van der Waals surface area contributed by atoms with E-state index in [1.165, 1.54) is 0 Å². The van der Waals surface area contributed by atoms with Crippen LogP contribution in [-0.4, -0.2) is 26.2 Å². The molecular formula is C14H23N3S2. The molecule has 2 N–H and O–H groups in total. The molecule has 0 amide bonds. The topological polar surface area (TPSA) is 51.8 Å². The molecule has 0 bridgehead atoms. The molecule has 1 fully saturated rings. The zero-order chi connectivity index (χ0) is 14.0. The van der Waals surface area contributed by atoms with Gasteiger partial charge in [-0.15, -0.1) is 11.8 Å². The molecule has 1 aromatic rings. The van der Waals surface area contributed by atoms with Crippen molar-refractivity contribution in [2.75, 3.05) is 11.5 Å². The summed E-state index contributed by atoms with van der Waals surface area (Å²) in [4.78, 5) is 9.19. The Hall–Kier alpha value is -0.420. The number of thioether (sulfide) groups is 2. The highest BCUT2D eigenvalue weighted by Gasteiger charge is 2.28. The number of hydrogen-bond donors (Lipinski definition) is 1. The smallest absolute Gasteiger partial charge is 0.144 e. The summed E-state index contributed by atoms with van der Waals surface area (Å²) in [6.45, 7) is 8.98. The summed E-state index contributed by atoms with van der Waals surface area (Å²) in [6, 6.07) is 1.91. The third-order valence-corrected chi connectivity index (χ3v) is 6.66. The van der Waals surface area contributed by atoms with Crippen molar-refractivity contribution in [3.05, 3.63) is 17.6 Å². The first-order valence-corrected chi connectivity index (χ1v) is 8.85. The van der Waals surface area contributed by atoms with Gasteiger partial charge in [0.15, 0.2) is 0 Å². The van der Waals surface area contributed by atoms with Gasteiger partial charge in [0, 0.05) is 28.0 Å². The van der Waals surface area contributed by atoms with Gasteiger partial charge in [-0.1, -0.05) is 27.7 Å². The average Bonchev–Trinajstić information content (AvgIpc) is 2.31. The van der Waals surface area contributed by atoms with E-state index in [0.717, 1.165) is 23.7 Å². The molecule has 19 heavy (non-hydrogen) atoms. The summed E-state index contributed by atoms with van der Waals surface area (Å²) < 4.78 is 0. The molecule has 1 aliphatic heterocycles. The van der Waals surface area contributed by atoms with Crippen LogP contribution in [0.25, 0.3) is 0 Å². The van der Waals surface area contributed by atoms with Gasteiger partial charge in [0.2, 0.25) is 0 Å². The van der Waals surface area contributed by atoms with E-state index in [2.05, 4.69) is 32.7 Å². The zero-order valence-corrected chi connectivity index (χ0v) is 13.7. The molecule has 5 heteroatoms. The maximum Gasteiger partial charge on any atom is 0.144 e. The lowest BCUT2D eigenvalue weighted by Crippen LogP contribution is -2.23. The second-order valence-corrected chi connectivity index (χ2v) is 8.60. The number of anilines is 1. The second-order valence-electron chi connectivity index (χ2n) is 5.61. The van der Waals surface area contributed by atoms with Gasteiger partial charge >= 0.3 is 0 Å². The summed E-state index contributed by atoms with van der Waals surface area (Å²) in [7, 11) is 0. The fourth-order valence-electron chi connectivity index (χ4n) is 2.13. The van der Waals surface area contributed by atoms with Crippen LogP contribution in [0.15, 0.2) is 6.07 Å². The largest absolute Gasteiger partial charge is 0.384 e. The summed E-state index contributed by atoms with van der Waals surface area (Å²) in [5.41, 5.74) is 7.01. The molecule has 1 aromatic heterocycles.